The molecule has 0 spiro atoms. The minimum atomic E-state index is -0.695. The largest absolute Gasteiger partial charge is 0.468 e. The predicted octanol–water partition coefficient (Wildman–Crippen LogP) is 2.58. The van der Waals surface area contributed by atoms with Gasteiger partial charge in [-0.2, -0.15) is 0 Å². The summed E-state index contributed by atoms with van der Waals surface area (Å²) in [6, 6.07) is 6.68. The fourth-order valence-electron chi connectivity index (χ4n) is 2.43. The third kappa shape index (κ3) is 4.70. The number of methoxy groups -OCH3 is 1. The van der Waals surface area contributed by atoms with Crippen LogP contribution in [-0.2, 0) is 9.53 Å². The molecule has 1 aromatic carbocycles. The number of para-hydroxylation sites is 1. The maximum absolute atomic E-state index is 13.7. The van der Waals surface area contributed by atoms with Gasteiger partial charge in [0.05, 0.1) is 12.8 Å². The Morgan fingerprint density at radius 2 is 2.10 bits per heavy atom. The normalized spacial score (nSPS) is 13.6. The zero-order valence-corrected chi connectivity index (χ0v) is 13.3. The second-order valence-corrected chi connectivity index (χ2v) is 5.33. The van der Waals surface area contributed by atoms with Crippen LogP contribution in [0, 0.1) is 5.82 Å². The Labute approximate surface area is 126 Å². The lowest BCUT2D eigenvalue weighted by atomic mass is 9.95. The van der Waals surface area contributed by atoms with Crippen LogP contribution in [0.4, 0.5) is 10.1 Å². The van der Waals surface area contributed by atoms with Crippen molar-refractivity contribution in [2.24, 2.45) is 0 Å². The molecule has 5 heteroatoms. The molecule has 1 unspecified atom stereocenters. The molecule has 1 atom stereocenters. The maximum atomic E-state index is 13.7. The van der Waals surface area contributed by atoms with Crippen LogP contribution in [0.5, 0.6) is 0 Å². The van der Waals surface area contributed by atoms with Gasteiger partial charge in [0.1, 0.15) is 11.4 Å². The number of anilines is 1. The van der Waals surface area contributed by atoms with Gasteiger partial charge in [0.15, 0.2) is 0 Å². The lowest BCUT2D eigenvalue weighted by molar-refractivity contribution is -0.148. The average molecular weight is 296 g/mol. The standard InChI is InChI=1S/C16H25FN2O2/c1-5-18-16(2,15(20)21-4)11-8-12-19(3)14-10-7-6-9-13(14)17/h6-7,9-10,18H,5,8,11-12H2,1-4H3. The van der Waals surface area contributed by atoms with E-state index < -0.39 is 5.54 Å². The molecule has 0 radical (unpaired) electrons. The first-order chi connectivity index (χ1) is 9.94. The Bertz CT molecular complexity index is 467. The van der Waals surface area contributed by atoms with Crippen molar-refractivity contribution in [1.29, 1.82) is 0 Å². The quantitative estimate of drug-likeness (QED) is 0.749. The number of halogens is 1. The monoisotopic (exact) mass is 296 g/mol. The van der Waals surface area contributed by atoms with E-state index in [-0.39, 0.29) is 11.8 Å². The summed E-state index contributed by atoms with van der Waals surface area (Å²) in [6.07, 6.45) is 1.38. The molecule has 0 amide bonds. The molecular weight excluding hydrogens is 271 g/mol. The van der Waals surface area contributed by atoms with E-state index in [4.69, 9.17) is 4.74 Å². The van der Waals surface area contributed by atoms with E-state index in [1.165, 1.54) is 13.2 Å². The SMILES string of the molecule is CCNC(C)(CCCN(C)c1ccccc1F)C(=O)OC. The fourth-order valence-corrected chi connectivity index (χ4v) is 2.43. The number of benzene rings is 1. The molecule has 21 heavy (non-hydrogen) atoms. The molecular formula is C16H25FN2O2. The summed E-state index contributed by atoms with van der Waals surface area (Å²) in [5.41, 5.74) is -0.125. The van der Waals surface area contributed by atoms with Gasteiger partial charge in [0.2, 0.25) is 0 Å². The van der Waals surface area contributed by atoms with Crippen molar-refractivity contribution in [2.75, 3.05) is 32.1 Å². The van der Waals surface area contributed by atoms with Gasteiger partial charge in [-0.15, -0.1) is 0 Å². The summed E-state index contributed by atoms with van der Waals surface area (Å²) in [7, 11) is 3.24. The molecule has 0 aromatic heterocycles. The van der Waals surface area contributed by atoms with Crippen molar-refractivity contribution in [1.82, 2.24) is 5.32 Å². The number of ether oxygens (including phenoxy) is 1. The van der Waals surface area contributed by atoms with Crippen LogP contribution in [0.25, 0.3) is 0 Å². The van der Waals surface area contributed by atoms with Crippen molar-refractivity contribution >= 4 is 11.7 Å². The Balaban J connectivity index is 2.58. The molecule has 1 aromatic rings. The second kappa shape index (κ2) is 7.98. The molecule has 0 aliphatic carbocycles. The Morgan fingerprint density at radius 1 is 1.43 bits per heavy atom. The molecule has 0 aliphatic rings. The van der Waals surface area contributed by atoms with E-state index in [0.717, 1.165) is 6.42 Å². The number of rotatable bonds is 8. The number of hydrogen-bond acceptors (Lipinski definition) is 4. The first kappa shape index (κ1) is 17.4. The highest BCUT2D eigenvalue weighted by Crippen LogP contribution is 2.19. The van der Waals surface area contributed by atoms with Crippen LogP contribution in [0.3, 0.4) is 0 Å². The van der Waals surface area contributed by atoms with Gasteiger partial charge < -0.3 is 15.0 Å². The minimum Gasteiger partial charge on any atom is -0.468 e. The smallest absolute Gasteiger partial charge is 0.325 e. The van der Waals surface area contributed by atoms with Crippen molar-refractivity contribution in [3.05, 3.63) is 30.1 Å². The van der Waals surface area contributed by atoms with Gasteiger partial charge in [0.25, 0.3) is 0 Å². The predicted molar refractivity (Wildman–Crippen MR) is 83.0 cm³/mol. The van der Waals surface area contributed by atoms with Crippen LogP contribution in [0.2, 0.25) is 0 Å². The highest BCUT2D eigenvalue weighted by molar-refractivity contribution is 5.80. The number of nitrogens with zero attached hydrogens (tertiary/aromatic N) is 1. The summed E-state index contributed by atoms with van der Waals surface area (Å²) in [4.78, 5) is 13.7. The molecule has 4 nitrogen and oxygen atoms in total. The van der Waals surface area contributed by atoms with Gasteiger partial charge in [-0.1, -0.05) is 19.1 Å². The lowest BCUT2D eigenvalue weighted by Crippen LogP contribution is -2.50. The molecule has 0 fully saturated rings. The summed E-state index contributed by atoms with van der Waals surface area (Å²) in [5, 5.41) is 3.17. The molecule has 0 heterocycles. The summed E-state index contributed by atoms with van der Waals surface area (Å²) < 4.78 is 18.5. The third-order valence-electron chi connectivity index (χ3n) is 3.64. The van der Waals surface area contributed by atoms with Crippen molar-refractivity contribution < 1.29 is 13.9 Å². The Morgan fingerprint density at radius 3 is 2.67 bits per heavy atom. The number of hydrogen-bond donors (Lipinski definition) is 1. The molecule has 0 saturated heterocycles. The Hall–Kier alpha value is -1.62. The Kier molecular flexibility index (Phi) is 6.62. The number of likely N-dealkylation sites (N-methyl/N-ethyl adjacent to an activating group) is 1. The molecule has 0 saturated carbocycles. The zero-order valence-electron chi connectivity index (χ0n) is 13.3. The fraction of sp³-hybridized carbons (Fsp3) is 0.562. The number of nitrogens with one attached hydrogen (secondary N) is 1. The highest BCUT2D eigenvalue weighted by Gasteiger charge is 2.32. The minimum absolute atomic E-state index is 0.234. The average Bonchev–Trinajstić information content (AvgIpc) is 2.47. The topological polar surface area (TPSA) is 41.6 Å². The van der Waals surface area contributed by atoms with Crippen molar-refractivity contribution in [3.8, 4) is 0 Å². The summed E-state index contributed by atoms with van der Waals surface area (Å²) in [6.45, 7) is 5.14. The van der Waals surface area contributed by atoms with E-state index in [1.54, 1.807) is 12.1 Å². The van der Waals surface area contributed by atoms with Gasteiger partial charge in [-0.3, -0.25) is 4.79 Å². The van der Waals surface area contributed by atoms with E-state index >= 15 is 0 Å². The van der Waals surface area contributed by atoms with Gasteiger partial charge in [0, 0.05) is 13.6 Å². The van der Waals surface area contributed by atoms with Gasteiger partial charge in [-0.05, 0) is 38.4 Å². The van der Waals surface area contributed by atoms with Crippen molar-refractivity contribution in [3.63, 3.8) is 0 Å². The first-order valence-corrected chi connectivity index (χ1v) is 7.23. The van der Waals surface area contributed by atoms with Crippen LogP contribution in [0.1, 0.15) is 26.7 Å². The van der Waals surface area contributed by atoms with Crippen LogP contribution >= 0.6 is 0 Å². The first-order valence-electron chi connectivity index (χ1n) is 7.23. The van der Waals surface area contributed by atoms with Crippen LogP contribution in [-0.4, -0.2) is 38.8 Å². The third-order valence-corrected chi connectivity index (χ3v) is 3.64. The molecule has 0 bridgehead atoms. The molecule has 1 N–H and O–H groups in total. The van der Waals surface area contributed by atoms with Crippen LogP contribution < -0.4 is 10.2 Å². The van der Waals surface area contributed by atoms with Gasteiger partial charge >= 0.3 is 5.97 Å². The summed E-state index contributed by atoms with van der Waals surface area (Å²) >= 11 is 0. The number of esters is 1. The molecule has 1 rings (SSSR count). The number of carbonyl (C=O) groups excluding carboxylic acids is 1. The molecule has 0 aliphatic heterocycles. The zero-order chi connectivity index (χ0) is 15.9. The van der Waals surface area contributed by atoms with Gasteiger partial charge in [-0.25, -0.2) is 4.39 Å². The second-order valence-electron chi connectivity index (χ2n) is 5.33. The van der Waals surface area contributed by atoms with Crippen LogP contribution in [0.15, 0.2) is 24.3 Å². The van der Waals surface area contributed by atoms with E-state index in [2.05, 4.69) is 5.32 Å². The summed E-state index contributed by atoms with van der Waals surface area (Å²) in [5.74, 6) is -0.500. The lowest BCUT2D eigenvalue weighted by Gasteiger charge is -2.29. The van der Waals surface area contributed by atoms with E-state index in [1.807, 2.05) is 31.9 Å². The highest BCUT2D eigenvalue weighted by atomic mass is 19.1. The van der Waals surface area contributed by atoms with Crippen molar-refractivity contribution in [2.45, 2.75) is 32.2 Å². The maximum Gasteiger partial charge on any atom is 0.325 e. The van der Waals surface area contributed by atoms with E-state index in [9.17, 15) is 9.18 Å². The number of carbonyl (C=O) groups is 1. The van der Waals surface area contributed by atoms with E-state index in [0.29, 0.717) is 25.2 Å². The molecule has 118 valence electrons.